The molecule has 4 nitrogen and oxygen atoms in total. The Hall–Kier alpha value is -3.53. The molecule has 3 aromatic carbocycles. The molecule has 35 heavy (non-hydrogen) atoms. The SMILES string of the molecule is COc1cc(C)c(C2=CC3CCC(C2)N3C(=O)OCC2c3ccccc3-c3ccccc32)cc1C. The molecule has 1 aliphatic carbocycles. The van der Waals surface area contributed by atoms with E-state index in [0.29, 0.717) is 6.61 Å². The van der Waals surface area contributed by atoms with E-state index >= 15 is 0 Å². The van der Waals surface area contributed by atoms with E-state index < -0.39 is 0 Å². The minimum absolute atomic E-state index is 0.0878. The van der Waals surface area contributed by atoms with Gasteiger partial charge in [0.2, 0.25) is 0 Å². The van der Waals surface area contributed by atoms with Crippen LogP contribution in [0, 0.1) is 13.8 Å². The van der Waals surface area contributed by atoms with Crippen LogP contribution in [0.5, 0.6) is 5.75 Å². The number of hydrogen-bond acceptors (Lipinski definition) is 3. The Balaban J connectivity index is 1.21. The summed E-state index contributed by atoms with van der Waals surface area (Å²) in [6.45, 7) is 4.59. The highest BCUT2D eigenvalue weighted by atomic mass is 16.6. The largest absolute Gasteiger partial charge is 0.496 e. The van der Waals surface area contributed by atoms with Crippen LogP contribution < -0.4 is 4.74 Å². The Morgan fingerprint density at radius 1 is 0.914 bits per heavy atom. The van der Waals surface area contributed by atoms with Crippen molar-refractivity contribution in [2.24, 2.45) is 0 Å². The van der Waals surface area contributed by atoms with Gasteiger partial charge in [-0.25, -0.2) is 4.79 Å². The maximum absolute atomic E-state index is 13.3. The van der Waals surface area contributed by atoms with Crippen LogP contribution in [0.25, 0.3) is 16.7 Å². The van der Waals surface area contributed by atoms with Crippen LogP contribution in [0.15, 0.2) is 66.7 Å². The van der Waals surface area contributed by atoms with Gasteiger partial charge in [0.25, 0.3) is 0 Å². The summed E-state index contributed by atoms with van der Waals surface area (Å²) in [6.07, 6.45) is 4.99. The summed E-state index contributed by atoms with van der Waals surface area (Å²) in [5.41, 5.74) is 9.95. The van der Waals surface area contributed by atoms with Gasteiger partial charge in [0.05, 0.1) is 13.2 Å². The fourth-order valence-electron chi connectivity index (χ4n) is 6.34. The number of carbonyl (C=O) groups is 1. The summed E-state index contributed by atoms with van der Waals surface area (Å²) in [4.78, 5) is 15.3. The molecule has 2 bridgehead atoms. The van der Waals surface area contributed by atoms with Gasteiger partial charge in [-0.05, 0) is 89.8 Å². The van der Waals surface area contributed by atoms with Crippen LogP contribution in [0.3, 0.4) is 0 Å². The molecule has 4 heteroatoms. The summed E-state index contributed by atoms with van der Waals surface area (Å²) < 4.78 is 11.5. The normalized spacial score (nSPS) is 20.3. The molecule has 1 saturated heterocycles. The van der Waals surface area contributed by atoms with Gasteiger partial charge >= 0.3 is 6.09 Å². The van der Waals surface area contributed by atoms with Gasteiger partial charge in [0.1, 0.15) is 12.4 Å². The third-order valence-corrected chi connectivity index (χ3v) is 8.03. The lowest BCUT2D eigenvalue weighted by atomic mass is 9.90. The van der Waals surface area contributed by atoms with Gasteiger partial charge in [-0.15, -0.1) is 0 Å². The zero-order valence-corrected chi connectivity index (χ0v) is 20.6. The number of aryl methyl sites for hydroxylation is 2. The summed E-state index contributed by atoms with van der Waals surface area (Å²) in [6, 6.07) is 21.6. The fraction of sp³-hybridized carbons (Fsp3) is 0.323. The number of ether oxygens (including phenoxy) is 2. The standard InChI is InChI=1S/C31H31NO3/c1-19-15-30(34-3)20(2)14-28(19)21-16-22-12-13-23(17-21)32(22)31(33)35-18-29-26-10-6-4-8-24(26)25-9-5-7-11-27(25)29/h4-11,14-16,22-23,29H,12-13,17-18H2,1-3H3. The Kier molecular flexibility index (Phi) is 5.40. The highest BCUT2D eigenvalue weighted by Crippen LogP contribution is 2.45. The van der Waals surface area contributed by atoms with Crippen LogP contribution in [-0.4, -0.2) is 36.8 Å². The zero-order chi connectivity index (χ0) is 24.1. The first-order valence-corrected chi connectivity index (χ1v) is 12.5. The lowest BCUT2D eigenvalue weighted by molar-refractivity contribution is 0.0866. The quantitative estimate of drug-likeness (QED) is 0.421. The van der Waals surface area contributed by atoms with Crippen molar-refractivity contribution in [3.05, 3.63) is 94.6 Å². The average Bonchev–Trinajstić information content (AvgIpc) is 3.34. The average molecular weight is 466 g/mol. The molecule has 1 amide bonds. The Labute approximate surface area is 207 Å². The van der Waals surface area contributed by atoms with Gasteiger partial charge in [-0.3, -0.25) is 4.90 Å². The molecule has 2 atom stereocenters. The second-order valence-electron chi connectivity index (χ2n) is 10.0. The summed E-state index contributed by atoms with van der Waals surface area (Å²) in [5, 5.41) is 0. The van der Waals surface area contributed by atoms with Crippen molar-refractivity contribution in [3.63, 3.8) is 0 Å². The lowest BCUT2D eigenvalue weighted by Crippen LogP contribution is -2.43. The number of amides is 1. The summed E-state index contributed by atoms with van der Waals surface area (Å²) in [5.74, 6) is 1.01. The first kappa shape index (κ1) is 22.0. The van der Waals surface area contributed by atoms with Crippen molar-refractivity contribution >= 4 is 11.7 Å². The Morgan fingerprint density at radius 3 is 2.26 bits per heavy atom. The van der Waals surface area contributed by atoms with Gasteiger partial charge in [-0.1, -0.05) is 54.6 Å². The molecule has 2 heterocycles. The minimum Gasteiger partial charge on any atom is -0.496 e. The molecule has 0 spiro atoms. The highest BCUT2D eigenvalue weighted by Gasteiger charge is 2.41. The minimum atomic E-state index is -0.183. The first-order chi connectivity index (χ1) is 17.0. The Morgan fingerprint density at radius 2 is 1.60 bits per heavy atom. The van der Waals surface area contributed by atoms with Crippen molar-refractivity contribution in [3.8, 4) is 16.9 Å². The van der Waals surface area contributed by atoms with Gasteiger partial charge < -0.3 is 9.47 Å². The summed E-state index contributed by atoms with van der Waals surface area (Å²) in [7, 11) is 1.72. The van der Waals surface area contributed by atoms with Crippen molar-refractivity contribution in [2.75, 3.05) is 13.7 Å². The molecule has 2 unspecified atom stereocenters. The molecular weight excluding hydrogens is 434 g/mol. The second-order valence-corrected chi connectivity index (χ2v) is 10.0. The van der Waals surface area contributed by atoms with Crippen molar-refractivity contribution in [1.29, 1.82) is 0 Å². The molecule has 0 N–H and O–H groups in total. The molecular formula is C31H31NO3. The molecule has 178 valence electrons. The number of nitrogens with zero attached hydrogens (tertiary/aromatic N) is 1. The van der Waals surface area contributed by atoms with Crippen molar-refractivity contribution in [1.82, 2.24) is 4.90 Å². The smallest absolute Gasteiger partial charge is 0.410 e. The lowest BCUT2D eigenvalue weighted by Gasteiger charge is -2.34. The van der Waals surface area contributed by atoms with Crippen LogP contribution in [0.1, 0.15) is 53.0 Å². The Bertz CT molecular complexity index is 1300. The van der Waals surface area contributed by atoms with E-state index in [1.807, 2.05) is 4.90 Å². The molecule has 0 saturated carbocycles. The predicted molar refractivity (Wildman–Crippen MR) is 139 cm³/mol. The van der Waals surface area contributed by atoms with Crippen LogP contribution in [-0.2, 0) is 4.74 Å². The number of rotatable bonds is 4. The molecule has 6 rings (SSSR count). The first-order valence-electron chi connectivity index (χ1n) is 12.5. The molecule has 0 aromatic heterocycles. The number of methoxy groups -OCH3 is 1. The van der Waals surface area contributed by atoms with E-state index in [1.54, 1.807) is 7.11 Å². The van der Waals surface area contributed by atoms with Gasteiger partial charge in [0, 0.05) is 12.0 Å². The molecule has 2 aliphatic heterocycles. The number of benzene rings is 3. The maximum Gasteiger partial charge on any atom is 0.410 e. The third-order valence-electron chi connectivity index (χ3n) is 8.03. The number of carbonyl (C=O) groups excluding carboxylic acids is 1. The van der Waals surface area contributed by atoms with E-state index in [4.69, 9.17) is 9.47 Å². The second kappa shape index (κ2) is 8.60. The fourth-order valence-corrected chi connectivity index (χ4v) is 6.34. The highest BCUT2D eigenvalue weighted by molar-refractivity contribution is 5.80. The molecule has 3 aliphatic rings. The number of fused-ring (bicyclic) bond motifs is 5. The van der Waals surface area contributed by atoms with E-state index in [1.165, 1.54) is 39.0 Å². The van der Waals surface area contributed by atoms with Crippen LogP contribution in [0.4, 0.5) is 4.79 Å². The predicted octanol–water partition coefficient (Wildman–Crippen LogP) is 6.88. The van der Waals surface area contributed by atoms with Crippen LogP contribution >= 0.6 is 0 Å². The van der Waals surface area contributed by atoms with E-state index in [0.717, 1.165) is 30.6 Å². The topological polar surface area (TPSA) is 38.8 Å². The van der Waals surface area contributed by atoms with Gasteiger partial charge in [-0.2, -0.15) is 0 Å². The van der Waals surface area contributed by atoms with E-state index in [-0.39, 0.29) is 24.1 Å². The number of hydrogen-bond donors (Lipinski definition) is 0. The summed E-state index contributed by atoms with van der Waals surface area (Å²) >= 11 is 0. The van der Waals surface area contributed by atoms with E-state index in [9.17, 15) is 4.79 Å². The van der Waals surface area contributed by atoms with Crippen LogP contribution in [0.2, 0.25) is 0 Å². The van der Waals surface area contributed by atoms with Crippen molar-refractivity contribution < 1.29 is 14.3 Å². The molecule has 1 fully saturated rings. The zero-order valence-electron chi connectivity index (χ0n) is 20.6. The maximum atomic E-state index is 13.3. The molecule has 3 aromatic rings. The third kappa shape index (κ3) is 3.63. The van der Waals surface area contributed by atoms with Crippen molar-refractivity contribution in [2.45, 2.75) is 51.1 Å². The van der Waals surface area contributed by atoms with Gasteiger partial charge in [0.15, 0.2) is 0 Å². The van der Waals surface area contributed by atoms with E-state index in [2.05, 4.69) is 80.6 Å². The molecule has 0 radical (unpaired) electrons. The monoisotopic (exact) mass is 465 g/mol.